The monoisotopic (exact) mass is 228 g/mol. The summed E-state index contributed by atoms with van der Waals surface area (Å²) in [7, 11) is 0. The smallest absolute Gasteiger partial charge is 0.0716 e. The fraction of sp³-hybridized carbons (Fsp3) is 0.231. The lowest BCUT2D eigenvalue weighted by atomic mass is 10.2. The zero-order chi connectivity index (χ0) is 11.4. The average Bonchev–Trinajstić information content (AvgIpc) is 2.29. The van der Waals surface area contributed by atoms with Crippen LogP contribution in [0.5, 0.6) is 0 Å². The van der Waals surface area contributed by atoms with Crippen molar-refractivity contribution in [1.29, 1.82) is 5.26 Å². The van der Waals surface area contributed by atoms with Crippen molar-refractivity contribution in [3.8, 4) is 6.07 Å². The lowest BCUT2D eigenvalue weighted by Gasteiger charge is -2.06. The second kappa shape index (κ2) is 5.00. The molecular weight excluding hydrogens is 216 g/mol. The number of hydrogen-bond donors (Lipinski definition) is 0. The Kier molecular flexibility index (Phi) is 3.43. The van der Waals surface area contributed by atoms with E-state index in [4.69, 9.17) is 5.26 Å². The number of para-hydroxylation sites is 1. The number of rotatable bonds is 3. The van der Waals surface area contributed by atoms with E-state index < -0.39 is 0 Å². The van der Waals surface area contributed by atoms with Gasteiger partial charge in [-0.05, 0) is 19.1 Å². The summed E-state index contributed by atoms with van der Waals surface area (Å²) in [5, 5.41) is 9.71. The molecule has 1 aromatic heterocycles. The van der Waals surface area contributed by atoms with Crippen LogP contribution in [0, 0.1) is 18.3 Å². The Labute approximate surface area is 99.3 Å². The molecule has 0 spiro atoms. The average molecular weight is 228 g/mol. The number of aromatic nitrogens is 1. The molecule has 16 heavy (non-hydrogen) atoms. The minimum Gasteiger partial charge on any atom is -0.253 e. The van der Waals surface area contributed by atoms with E-state index in [9.17, 15) is 0 Å². The van der Waals surface area contributed by atoms with Crippen LogP contribution in [0.4, 0.5) is 0 Å². The lowest BCUT2D eigenvalue weighted by molar-refractivity contribution is 1.21. The van der Waals surface area contributed by atoms with Crippen LogP contribution in [0.25, 0.3) is 10.9 Å². The van der Waals surface area contributed by atoms with Gasteiger partial charge in [-0.15, -0.1) is 11.8 Å². The SMILES string of the molecule is Cc1cc(SCCC#N)c2ccccc2n1. The Morgan fingerprint density at radius 1 is 1.38 bits per heavy atom. The minimum atomic E-state index is 0.584. The molecule has 0 aliphatic heterocycles. The van der Waals surface area contributed by atoms with Crippen LogP contribution in [0.2, 0.25) is 0 Å². The number of nitriles is 1. The maximum atomic E-state index is 8.54. The highest BCUT2D eigenvalue weighted by Crippen LogP contribution is 2.27. The molecule has 0 fully saturated rings. The largest absolute Gasteiger partial charge is 0.253 e. The predicted molar refractivity (Wildman–Crippen MR) is 67.4 cm³/mol. The summed E-state index contributed by atoms with van der Waals surface area (Å²) >= 11 is 1.73. The second-order valence-electron chi connectivity index (χ2n) is 3.54. The Morgan fingerprint density at radius 3 is 3.00 bits per heavy atom. The third-order valence-electron chi connectivity index (χ3n) is 2.28. The van der Waals surface area contributed by atoms with Crippen LogP contribution < -0.4 is 0 Å². The van der Waals surface area contributed by atoms with Crippen LogP contribution in [0.1, 0.15) is 12.1 Å². The van der Waals surface area contributed by atoms with Crippen LogP contribution >= 0.6 is 11.8 Å². The van der Waals surface area contributed by atoms with Crippen molar-refractivity contribution in [3.63, 3.8) is 0 Å². The van der Waals surface area contributed by atoms with Gasteiger partial charge in [-0.3, -0.25) is 4.98 Å². The van der Waals surface area contributed by atoms with Crippen molar-refractivity contribution >= 4 is 22.7 Å². The summed E-state index contributed by atoms with van der Waals surface area (Å²) in [4.78, 5) is 5.71. The molecular formula is C13H12N2S. The molecule has 2 nitrogen and oxygen atoms in total. The van der Waals surface area contributed by atoms with Gasteiger partial charge in [0.05, 0.1) is 11.6 Å². The number of pyridine rings is 1. The molecule has 0 aliphatic rings. The fourth-order valence-electron chi connectivity index (χ4n) is 1.60. The molecule has 0 unspecified atom stereocenters. The summed E-state index contributed by atoms with van der Waals surface area (Å²) in [5.74, 6) is 0.837. The van der Waals surface area contributed by atoms with Crippen molar-refractivity contribution in [2.24, 2.45) is 0 Å². The maximum absolute atomic E-state index is 8.54. The van der Waals surface area contributed by atoms with Gasteiger partial charge in [-0.2, -0.15) is 5.26 Å². The van der Waals surface area contributed by atoms with Crippen LogP contribution in [0.3, 0.4) is 0 Å². The van der Waals surface area contributed by atoms with E-state index in [1.54, 1.807) is 11.8 Å². The topological polar surface area (TPSA) is 36.7 Å². The molecule has 0 saturated heterocycles. The number of benzene rings is 1. The van der Waals surface area contributed by atoms with Crippen LogP contribution in [-0.4, -0.2) is 10.7 Å². The first kappa shape index (κ1) is 11.0. The van der Waals surface area contributed by atoms with E-state index in [0.29, 0.717) is 6.42 Å². The summed E-state index contributed by atoms with van der Waals surface area (Å²) in [5.41, 5.74) is 2.06. The molecule has 3 heteroatoms. The first-order valence-corrected chi connectivity index (χ1v) is 6.16. The van der Waals surface area contributed by atoms with E-state index in [1.807, 2.05) is 25.1 Å². The van der Waals surface area contributed by atoms with Gasteiger partial charge in [-0.1, -0.05) is 18.2 Å². The van der Waals surface area contributed by atoms with E-state index >= 15 is 0 Å². The Hall–Kier alpha value is -1.53. The number of thioether (sulfide) groups is 1. The summed E-state index contributed by atoms with van der Waals surface area (Å²) < 4.78 is 0. The fourth-order valence-corrected chi connectivity index (χ4v) is 2.59. The number of aryl methyl sites for hydroxylation is 1. The molecule has 0 radical (unpaired) electrons. The number of fused-ring (bicyclic) bond motifs is 1. The van der Waals surface area contributed by atoms with Crippen LogP contribution in [-0.2, 0) is 0 Å². The van der Waals surface area contributed by atoms with Gasteiger partial charge in [-0.25, -0.2) is 0 Å². The Bertz CT molecular complexity index is 543. The van der Waals surface area contributed by atoms with Crippen molar-refractivity contribution in [2.75, 3.05) is 5.75 Å². The van der Waals surface area contributed by atoms with Crippen LogP contribution in [0.15, 0.2) is 35.2 Å². The zero-order valence-corrected chi connectivity index (χ0v) is 9.92. The molecule has 0 saturated carbocycles. The number of hydrogen-bond acceptors (Lipinski definition) is 3. The standard InChI is InChI=1S/C13H12N2S/c1-10-9-13(16-8-4-7-14)11-5-2-3-6-12(11)15-10/h2-3,5-6,9H,4,8H2,1H3. The predicted octanol–water partition coefficient (Wildman–Crippen LogP) is 3.55. The number of nitrogens with zero attached hydrogens (tertiary/aromatic N) is 2. The van der Waals surface area contributed by atoms with Gasteiger partial charge in [0.15, 0.2) is 0 Å². The van der Waals surface area contributed by atoms with Gasteiger partial charge in [0.1, 0.15) is 0 Å². The maximum Gasteiger partial charge on any atom is 0.0716 e. The quantitative estimate of drug-likeness (QED) is 0.595. The first-order chi connectivity index (χ1) is 7.81. The van der Waals surface area contributed by atoms with Gasteiger partial charge >= 0.3 is 0 Å². The highest BCUT2D eigenvalue weighted by molar-refractivity contribution is 7.99. The molecule has 0 aliphatic carbocycles. The molecule has 2 aromatic rings. The van der Waals surface area contributed by atoms with Gasteiger partial charge in [0, 0.05) is 28.1 Å². The van der Waals surface area contributed by atoms with Gasteiger partial charge < -0.3 is 0 Å². The van der Waals surface area contributed by atoms with Crippen molar-refractivity contribution in [3.05, 3.63) is 36.0 Å². The van der Waals surface area contributed by atoms with Crippen molar-refractivity contribution in [1.82, 2.24) is 4.98 Å². The molecule has 80 valence electrons. The third kappa shape index (κ3) is 2.34. The highest BCUT2D eigenvalue weighted by Gasteiger charge is 2.03. The normalized spacial score (nSPS) is 10.2. The van der Waals surface area contributed by atoms with Crippen molar-refractivity contribution in [2.45, 2.75) is 18.2 Å². The van der Waals surface area contributed by atoms with Gasteiger partial charge in [0.2, 0.25) is 0 Å². The Balaban J connectivity index is 2.39. The molecule has 0 amide bonds. The minimum absolute atomic E-state index is 0.584. The van der Waals surface area contributed by atoms with Gasteiger partial charge in [0.25, 0.3) is 0 Å². The molecule has 0 N–H and O–H groups in total. The zero-order valence-electron chi connectivity index (χ0n) is 9.10. The summed E-state index contributed by atoms with van der Waals surface area (Å²) in [6.07, 6.45) is 0.584. The first-order valence-electron chi connectivity index (χ1n) is 5.17. The molecule has 0 atom stereocenters. The highest BCUT2D eigenvalue weighted by atomic mass is 32.2. The van der Waals surface area contributed by atoms with E-state index in [-0.39, 0.29) is 0 Å². The Morgan fingerprint density at radius 2 is 2.19 bits per heavy atom. The second-order valence-corrected chi connectivity index (χ2v) is 4.67. The summed E-state index contributed by atoms with van der Waals surface area (Å²) in [6, 6.07) is 12.4. The third-order valence-corrected chi connectivity index (χ3v) is 3.33. The summed E-state index contributed by atoms with van der Waals surface area (Å²) in [6.45, 7) is 2.00. The van der Waals surface area contributed by atoms with E-state index in [1.165, 1.54) is 10.3 Å². The molecule has 0 bridgehead atoms. The van der Waals surface area contributed by atoms with E-state index in [2.05, 4.69) is 23.2 Å². The lowest BCUT2D eigenvalue weighted by Crippen LogP contribution is -1.87. The van der Waals surface area contributed by atoms with E-state index in [0.717, 1.165) is 17.0 Å². The van der Waals surface area contributed by atoms with Crippen molar-refractivity contribution < 1.29 is 0 Å². The molecule has 2 rings (SSSR count). The molecule has 1 aromatic carbocycles. The molecule has 1 heterocycles.